The summed E-state index contributed by atoms with van der Waals surface area (Å²) in [7, 11) is 0. The number of hydrogen-bond donors (Lipinski definition) is 0. The van der Waals surface area contributed by atoms with Crippen molar-refractivity contribution in [3.05, 3.63) is 77.6 Å². The fourth-order valence-electron chi connectivity index (χ4n) is 2.61. The summed E-state index contributed by atoms with van der Waals surface area (Å²) in [5.41, 5.74) is 4.61. The van der Waals surface area contributed by atoms with Gasteiger partial charge in [0.15, 0.2) is 0 Å². The van der Waals surface area contributed by atoms with E-state index in [9.17, 15) is 0 Å². The molecule has 1 heterocycles. The molecule has 1 atom stereocenters. The van der Waals surface area contributed by atoms with Crippen LogP contribution in [-0.4, -0.2) is 16.4 Å². The summed E-state index contributed by atoms with van der Waals surface area (Å²) in [6, 6.07) is 18.3. The molecule has 0 saturated carbocycles. The normalized spacial score (nSPS) is 12.1. The maximum atomic E-state index is 5.87. The van der Waals surface area contributed by atoms with E-state index >= 15 is 0 Å². The Morgan fingerprint density at radius 1 is 1.00 bits per heavy atom. The van der Waals surface area contributed by atoms with Crippen LogP contribution >= 0.6 is 0 Å². The van der Waals surface area contributed by atoms with E-state index in [0.29, 0.717) is 6.61 Å². The van der Waals surface area contributed by atoms with Crippen LogP contribution in [0.15, 0.2) is 60.8 Å². The van der Waals surface area contributed by atoms with Crippen LogP contribution in [0.25, 0.3) is 5.69 Å². The number of aromatic nitrogens is 2. The molecule has 0 spiro atoms. The van der Waals surface area contributed by atoms with Crippen LogP contribution in [-0.2, 0) is 0 Å². The maximum Gasteiger partial charge on any atom is 0.119 e. The first-order valence-corrected chi connectivity index (χ1v) is 7.94. The number of para-hydroxylation sites is 1. The number of benzene rings is 2. The molecule has 0 N–H and O–H groups in total. The van der Waals surface area contributed by atoms with E-state index in [4.69, 9.17) is 4.74 Å². The molecule has 118 valence electrons. The summed E-state index contributed by atoms with van der Waals surface area (Å²) in [6.45, 7) is 6.96. The predicted molar refractivity (Wildman–Crippen MR) is 93.4 cm³/mol. The van der Waals surface area contributed by atoms with Crippen LogP contribution in [0.1, 0.15) is 29.7 Å². The third-order valence-corrected chi connectivity index (χ3v) is 4.01. The molecule has 3 nitrogen and oxygen atoms in total. The molecule has 0 radical (unpaired) electrons. The highest BCUT2D eigenvalue weighted by molar-refractivity contribution is 5.35. The smallest absolute Gasteiger partial charge is 0.119 e. The lowest BCUT2D eigenvalue weighted by molar-refractivity contribution is 0.295. The zero-order chi connectivity index (χ0) is 16.2. The molecular weight excluding hydrogens is 284 g/mol. The van der Waals surface area contributed by atoms with Crippen LogP contribution in [0.2, 0.25) is 0 Å². The molecule has 0 fully saturated rings. The van der Waals surface area contributed by atoms with Crippen LogP contribution < -0.4 is 4.74 Å². The summed E-state index contributed by atoms with van der Waals surface area (Å²) in [5, 5.41) is 4.65. The second-order valence-electron chi connectivity index (χ2n) is 5.98. The zero-order valence-electron chi connectivity index (χ0n) is 13.9. The molecule has 3 aromatic rings. The van der Waals surface area contributed by atoms with Crippen LogP contribution in [0.5, 0.6) is 5.75 Å². The molecule has 0 saturated heterocycles. The van der Waals surface area contributed by atoms with Gasteiger partial charge in [0.2, 0.25) is 0 Å². The Kier molecular flexibility index (Phi) is 4.47. The fraction of sp³-hybridized carbons (Fsp3) is 0.250. The minimum atomic E-state index is 0.286. The average Bonchev–Trinajstić information content (AvgIpc) is 2.96. The summed E-state index contributed by atoms with van der Waals surface area (Å²) in [4.78, 5) is 0. The van der Waals surface area contributed by atoms with Crippen molar-refractivity contribution in [2.24, 2.45) is 0 Å². The molecule has 3 rings (SSSR count). The van der Waals surface area contributed by atoms with Crippen molar-refractivity contribution in [3.8, 4) is 11.4 Å². The van der Waals surface area contributed by atoms with Gasteiger partial charge in [0.1, 0.15) is 5.75 Å². The molecule has 3 heteroatoms. The molecule has 2 aromatic carbocycles. The van der Waals surface area contributed by atoms with Gasteiger partial charge in [-0.3, -0.25) is 0 Å². The van der Waals surface area contributed by atoms with E-state index in [1.165, 1.54) is 11.1 Å². The van der Waals surface area contributed by atoms with Crippen molar-refractivity contribution in [1.29, 1.82) is 0 Å². The van der Waals surface area contributed by atoms with E-state index in [2.05, 4.69) is 56.3 Å². The highest BCUT2D eigenvalue weighted by Gasteiger charge is 2.14. The number of rotatable bonds is 5. The van der Waals surface area contributed by atoms with E-state index in [-0.39, 0.29) is 5.92 Å². The van der Waals surface area contributed by atoms with Crippen molar-refractivity contribution >= 4 is 0 Å². The zero-order valence-corrected chi connectivity index (χ0v) is 13.9. The average molecular weight is 306 g/mol. The molecule has 0 amide bonds. The lowest BCUT2D eigenvalue weighted by atomic mass is 10.0. The van der Waals surface area contributed by atoms with Crippen molar-refractivity contribution in [2.75, 3.05) is 6.61 Å². The summed E-state index contributed by atoms with van der Waals surface area (Å²) in [6.07, 6.45) is 2.11. The molecule has 0 aliphatic rings. The molecular formula is C20H22N2O. The van der Waals surface area contributed by atoms with Crippen LogP contribution in [0.4, 0.5) is 0 Å². The van der Waals surface area contributed by atoms with Crippen LogP contribution in [0.3, 0.4) is 0 Å². The van der Waals surface area contributed by atoms with Crippen molar-refractivity contribution in [1.82, 2.24) is 9.78 Å². The van der Waals surface area contributed by atoms with Gasteiger partial charge in [-0.15, -0.1) is 0 Å². The Balaban J connectivity index is 1.73. The molecule has 0 bridgehead atoms. The van der Waals surface area contributed by atoms with Gasteiger partial charge in [0.25, 0.3) is 0 Å². The molecule has 0 aliphatic carbocycles. The van der Waals surface area contributed by atoms with E-state index in [0.717, 1.165) is 17.1 Å². The first kappa shape index (κ1) is 15.3. The van der Waals surface area contributed by atoms with Gasteiger partial charge in [-0.1, -0.05) is 42.8 Å². The standard InChI is InChI=1S/C20H22N2O/c1-15-9-11-18(12-10-15)22-13-20(17(3)21-22)16(2)14-23-19-7-5-4-6-8-19/h4-13,16H,14H2,1-3H3. The topological polar surface area (TPSA) is 27.1 Å². The third-order valence-electron chi connectivity index (χ3n) is 4.01. The Hall–Kier alpha value is -2.55. The number of hydrogen-bond acceptors (Lipinski definition) is 2. The van der Waals surface area contributed by atoms with E-state index < -0.39 is 0 Å². The van der Waals surface area contributed by atoms with Gasteiger partial charge in [0, 0.05) is 12.1 Å². The summed E-state index contributed by atoms with van der Waals surface area (Å²) >= 11 is 0. The Labute approximate surface area is 137 Å². The number of ether oxygens (including phenoxy) is 1. The van der Waals surface area contributed by atoms with Gasteiger partial charge in [-0.05, 0) is 43.7 Å². The first-order chi connectivity index (χ1) is 11.1. The fourth-order valence-corrected chi connectivity index (χ4v) is 2.61. The SMILES string of the molecule is Cc1ccc(-n2cc(C(C)COc3ccccc3)c(C)n2)cc1. The van der Waals surface area contributed by atoms with Crippen LogP contribution in [0, 0.1) is 13.8 Å². The van der Waals surface area contributed by atoms with Crippen molar-refractivity contribution < 1.29 is 4.74 Å². The Morgan fingerprint density at radius 3 is 2.39 bits per heavy atom. The lowest BCUT2D eigenvalue weighted by Crippen LogP contribution is -2.07. The van der Waals surface area contributed by atoms with Gasteiger partial charge in [-0.2, -0.15) is 5.10 Å². The number of nitrogens with zero attached hydrogens (tertiary/aromatic N) is 2. The lowest BCUT2D eigenvalue weighted by Gasteiger charge is -2.12. The largest absolute Gasteiger partial charge is 0.493 e. The quantitative estimate of drug-likeness (QED) is 0.685. The van der Waals surface area contributed by atoms with E-state index in [1.54, 1.807) is 0 Å². The highest BCUT2D eigenvalue weighted by atomic mass is 16.5. The third kappa shape index (κ3) is 3.62. The van der Waals surface area contributed by atoms with Gasteiger partial charge >= 0.3 is 0 Å². The maximum absolute atomic E-state index is 5.87. The number of aryl methyl sites for hydroxylation is 2. The van der Waals surface area contributed by atoms with Gasteiger partial charge in [0.05, 0.1) is 18.0 Å². The monoisotopic (exact) mass is 306 g/mol. The molecule has 23 heavy (non-hydrogen) atoms. The van der Waals surface area contributed by atoms with Crippen molar-refractivity contribution in [2.45, 2.75) is 26.7 Å². The second-order valence-corrected chi connectivity index (χ2v) is 5.98. The summed E-state index contributed by atoms with van der Waals surface area (Å²) in [5.74, 6) is 1.19. The van der Waals surface area contributed by atoms with Gasteiger partial charge < -0.3 is 4.74 Å². The van der Waals surface area contributed by atoms with Gasteiger partial charge in [-0.25, -0.2) is 4.68 Å². The molecule has 1 unspecified atom stereocenters. The Bertz CT molecular complexity index is 760. The minimum Gasteiger partial charge on any atom is -0.493 e. The Morgan fingerprint density at radius 2 is 1.70 bits per heavy atom. The van der Waals surface area contributed by atoms with Crippen molar-refractivity contribution in [3.63, 3.8) is 0 Å². The first-order valence-electron chi connectivity index (χ1n) is 7.94. The minimum absolute atomic E-state index is 0.286. The highest BCUT2D eigenvalue weighted by Crippen LogP contribution is 2.22. The second kappa shape index (κ2) is 6.69. The molecule has 1 aromatic heterocycles. The van der Waals surface area contributed by atoms with E-state index in [1.807, 2.05) is 35.0 Å². The summed E-state index contributed by atoms with van der Waals surface area (Å²) < 4.78 is 7.82. The molecule has 0 aliphatic heterocycles. The predicted octanol–water partition coefficient (Wildman–Crippen LogP) is 4.67.